The highest BCUT2D eigenvalue weighted by Gasteiger charge is 2.15. The van der Waals surface area contributed by atoms with Crippen LogP contribution in [0.1, 0.15) is 40.5 Å². The second-order valence-corrected chi connectivity index (χ2v) is 6.14. The van der Waals surface area contributed by atoms with Crippen LogP contribution in [0.15, 0.2) is 18.2 Å². The summed E-state index contributed by atoms with van der Waals surface area (Å²) in [4.78, 5) is 0. The molecule has 0 saturated heterocycles. The zero-order valence-electron chi connectivity index (χ0n) is 12.1. The Morgan fingerprint density at radius 1 is 1.37 bits per heavy atom. The van der Waals surface area contributed by atoms with Crippen LogP contribution >= 0.6 is 11.6 Å². The summed E-state index contributed by atoms with van der Waals surface area (Å²) >= 11 is 5.66. The van der Waals surface area contributed by atoms with Crippen LogP contribution in [0.5, 0.6) is 5.75 Å². The van der Waals surface area contributed by atoms with Crippen LogP contribution in [-0.4, -0.2) is 18.2 Å². The molecule has 4 heteroatoms. The molecule has 0 fully saturated rings. The van der Waals surface area contributed by atoms with E-state index < -0.39 is 5.82 Å². The molecule has 1 unspecified atom stereocenters. The molecule has 1 atom stereocenters. The van der Waals surface area contributed by atoms with Gasteiger partial charge in [0.1, 0.15) is 17.7 Å². The van der Waals surface area contributed by atoms with Crippen LogP contribution in [0.4, 0.5) is 4.39 Å². The molecule has 0 aliphatic carbocycles. The van der Waals surface area contributed by atoms with Gasteiger partial charge in [-0.25, -0.2) is 4.39 Å². The highest BCUT2D eigenvalue weighted by Crippen LogP contribution is 2.22. The van der Waals surface area contributed by atoms with Crippen molar-refractivity contribution >= 4 is 11.6 Å². The van der Waals surface area contributed by atoms with E-state index in [1.807, 2.05) is 0 Å². The zero-order chi connectivity index (χ0) is 14.5. The van der Waals surface area contributed by atoms with Crippen molar-refractivity contribution in [3.05, 3.63) is 29.0 Å². The first-order valence-electron chi connectivity index (χ1n) is 6.68. The number of hydrogen-bond donors (Lipinski definition) is 1. The number of ether oxygens (including phenoxy) is 1. The maximum Gasteiger partial charge on any atom is 0.145 e. The third kappa shape index (κ3) is 6.26. The predicted molar refractivity (Wildman–Crippen MR) is 78.5 cm³/mol. The number of benzene rings is 1. The Balaban J connectivity index is 2.64. The SMILES string of the molecule is CCCC(CNC(C)(C)C)Oc1ccc(Cl)c(F)c1. The molecule has 0 amide bonds. The molecule has 1 aromatic carbocycles. The number of hydrogen-bond acceptors (Lipinski definition) is 2. The molecular weight excluding hydrogens is 265 g/mol. The molecule has 0 heterocycles. The number of halogens is 2. The van der Waals surface area contributed by atoms with Gasteiger partial charge in [0.2, 0.25) is 0 Å². The quantitative estimate of drug-likeness (QED) is 0.836. The summed E-state index contributed by atoms with van der Waals surface area (Å²) in [6, 6.07) is 4.56. The Morgan fingerprint density at radius 2 is 2.05 bits per heavy atom. The van der Waals surface area contributed by atoms with Gasteiger partial charge < -0.3 is 10.1 Å². The molecule has 0 spiro atoms. The fourth-order valence-electron chi connectivity index (χ4n) is 1.69. The van der Waals surface area contributed by atoms with E-state index in [9.17, 15) is 4.39 Å². The first kappa shape index (κ1) is 16.3. The molecule has 1 rings (SSSR count). The topological polar surface area (TPSA) is 21.3 Å². The van der Waals surface area contributed by atoms with E-state index in [0.29, 0.717) is 5.75 Å². The molecule has 108 valence electrons. The van der Waals surface area contributed by atoms with Crippen molar-refractivity contribution in [1.82, 2.24) is 5.32 Å². The normalized spacial score (nSPS) is 13.4. The van der Waals surface area contributed by atoms with Crippen LogP contribution in [0.3, 0.4) is 0 Å². The van der Waals surface area contributed by atoms with Gasteiger partial charge in [-0.1, -0.05) is 24.9 Å². The zero-order valence-corrected chi connectivity index (χ0v) is 12.9. The number of nitrogens with one attached hydrogen (secondary N) is 1. The van der Waals surface area contributed by atoms with Gasteiger partial charge in [-0.2, -0.15) is 0 Å². The Morgan fingerprint density at radius 3 is 2.58 bits per heavy atom. The Kier molecular flexibility index (Phi) is 6.08. The highest BCUT2D eigenvalue weighted by atomic mass is 35.5. The van der Waals surface area contributed by atoms with Gasteiger partial charge in [-0.3, -0.25) is 0 Å². The van der Waals surface area contributed by atoms with Gasteiger partial charge in [0, 0.05) is 18.2 Å². The van der Waals surface area contributed by atoms with E-state index in [4.69, 9.17) is 16.3 Å². The van der Waals surface area contributed by atoms with Gasteiger partial charge >= 0.3 is 0 Å². The molecule has 1 N–H and O–H groups in total. The van der Waals surface area contributed by atoms with Crippen molar-refractivity contribution in [2.45, 2.75) is 52.2 Å². The minimum absolute atomic E-state index is 0.0322. The summed E-state index contributed by atoms with van der Waals surface area (Å²) < 4.78 is 19.2. The lowest BCUT2D eigenvalue weighted by Crippen LogP contribution is -2.42. The lowest BCUT2D eigenvalue weighted by Gasteiger charge is -2.26. The summed E-state index contributed by atoms with van der Waals surface area (Å²) in [6.45, 7) is 9.17. The second-order valence-electron chi connectivity index (χ2n) is 5.74. The van der Waals surface area contributed by atoms with Crippen LogP contribution in [0, 0.1) is 5.82 Å². The van der Waals surface area contributed by atoms with Gasteiger partial charge in [0.25, 0.3) is 0 Å². The maximum atomic E-state index is 13.4. The average Bonchev–Trinajstić information content (AvgIpc) is 2.30. The third-order valence-corrected chi connectivity index (χ3v) is 2.97. The second kappa shape index (κ2) is 7.11. The molecule has 0 aliphatic heterocycles. The van der Waals surface area contributed by atoms with Crippen molar-refractivity contribution in [2.24, 2.45) is 0 Å². The number of rotatable bonds is 6. The predicted octanol–water partition coefficient (Wildman–Crippen LogP) is 4.41. The van der Waals surface area contributed by atoms with E-state index in [1.54, 1.807) is 6.07 Å². The first-order valence-corrected chi connectivity index (χ1v) is 7.06. The van der Waals surface area contributed by atoms with E-state index in [-0.39, 0.29) is 16.7 Å². The molecular formula is C15H23ClFNO. The van der Waals surface area contributed by atoms with Crippen molar-refractivity contribution in [2.75, 3.05) is 6.54 Å². The average molecular weight is 288 g/mol. The van der Waals surface area contributed by atoms with Crippen LogP contribution in [-0.2, 0) is 0 Å². The molecule has 0 aromatic heterocycles. The van der Waals surface area contributed by atoms with Gasteiger partial charge in [-0.15, -0.1) is 0 Å². The fraction of sp³-hybridized carbons (Fsp3) is 0.600. The monoisotopic (exact) mass is 287 g/mol. The van der Waals surface area contributed by atoms with E-state index in [0.717, 1.165) is 19.4 Å². The largest absolute Gasteiger partial charge is 0.489 e. The van der Waals surface area contributed by atoms with Crippen molar-refractivity contribution < 1.29 is 9.13 Å². The minimum atomic E-state index is -0.446. The van der Waals surface area contributed by atoms with Crippen molar-refractivity contribution in [3.8, 4) is 5.75 Å². The molecule has 0 aliphatic rings. The Labute approximate surface area is 120 Å². The van der Waals surface area contributed by atoms with Crippen LogP contribution in [0.2, 0.25) is 5.02 Å². The smallest absolute Gasteiger partial charge is 0.145 e. The maximum absolute atomic E-state index is 13.4. The fourth-order valence-corrected chi connectivity index (χ4v) is 1.80. The van der Waals surface area contributed by atoms with Gasteiger partial charge in [0.15, 0.2) is 0 Å². The third-order valence-electron chi connectivity index (χ3n) is 2.66. The molecule has 1 aromatic rings. The van der Waals surface area contributed by atoms with Crippen LogP contribution < -0.4 is 10.1 Å². The lowest BCUT2D eigenvalue weighted by atomic mass is 10.1. The summed E-state index contributed by atoms with van der Waals surface area (Å²) in [5.74, 6) is 0.0780. The summed E-state index contributed by atoms with van der Waals surface area (Å²) in [5, 5.41) is 3.53. The van der Waals surface area contributed by atoms with E-state index in [1.165, 1.54) is 12.1 Å². The molecule has 19 heavy (non-hydrogen) atoms. The molecule has 0 radical (unpaired) electrons. The van der Waals surface area contributed by atoms with Crippen molar-refractivity contribution in [3.63, 3.8) is 0 Å². The summed E-state index contributed by atoms with van der Waals surface area (Å²) in [6.07, 6.45) is 1.98. The van der Waals surface area contributed by atoms with Crippen molar-refractivity contribution in [1.29, 1.82) is 0 Å². The van der Waals surface area contributed by atoms with Crippen LogP contribution in [0.25, 0.3) is 0 Å². The molecule has 0 bridgehead atoms. The Hall–Kier alpha value is -0.800. The standard InChI is InChI=1S/C15H23ClFNO/c1-5-6-12(10-18-15(2,3)4)19-11-7-8-13(16)14(17)9-11/h7-9,12,18H,5-6,10H2,1-4H3. The Bertz CT molecular complexity index is 404. The molecule has 2 nitrogen and oxygen atoms in total. The molecule has 0 saturated carbocycles. The highest BCUT2D eigenvalue weighted by molar-refractivity contribution is 6.30. The van der Waals surface area contributed by atoms with E-state index >= 15 is 0 Å². The lowest BCUT2D eigenvalue weighted by molar-refractivity contribution is 0.174. The minimum Gasteiger partial charge on any atom is -0.489 e. The summed E-state index contributed by atoms with van der Waals surface area (Å²) in [7, 11) is 0. The van der Waals surface area contributed by atoms with E-state index in [2.05, 4.69) is 33.0 Å². The van der Waals surface area contributed by atoms with Gasteiger partial charge in [0.05, 0.1) is 5.02 Å². The first-order chi connectivity index (χ1) is 8.81. The van der Waals surface area contributed by atoms with Gasteiger partial charge in [-0.05, 0) is 39.3 Å². The summed E-state index contributed by atoms with van der Waals surface area (Å²) in [5.41, 5.74) is 0.0423.